The SMILES string of the molecule is COc1ccc2[nH]nc(C(=O)N3CC4CCC(C3)N4C)c2c1. The molecule has 0 aliphatic carbocycles. The number of benzene rings is 1. The number of likely N-dealkylation sites (tertiary alicyclic amines) is 1. The fraction of sp³-hybridized carbons (Fsp3) is 0.500. The highest BCUT2D eigenvalue weighted by molar-refractivity contribution is 6.05. The molecular weight excluding hydrogens is 280 g/mol. The molecule has 6 heteroatoms. The van der Waals surface area contributed by atoms with Gasteiger partial charge in [0.05, 0.1) is 12.6 Å². The second-order valence-electron chi connectivity index (χ2n) is 6.24. The van der Waals surface area contributed by atoms with Gasteiger partial charge in [0.25, 0.3) is 5.91 Å². The van der Waals surface area contributed by atoms with Gasteiger partial charge >= 0.3 is 0 Å². The first-order valence-corrected chi connectivity index (χ1v) is 7.70. The number of fused-ring (bicyclic) bond motifs is 3. The smallest absolute Gasteiger partial charge is 0.275 e. The summed E-state index contributed by atoms with van der Waals surface area (Å²) in [6.45, 7) is 1.59. The fourth-order valence-electron chi connectivity index (χ4n) is 3.71. The summed E-state index contributed by atoms with van der Waals surface area (Å²) in [4.78, 5) is 17.3. The topological polar surface area (TPSA) is 61.5 Å². The average molecular weight is 300 g/mol. The number of methoxy groups -OCH3 is 1. The molecule has 3 heterocycles. The fourth-order valence-corrected chi connectivity index (χ4v) is 3.71. The number of nitrogens with zero attached hydrogens (tertiary/aromatic N) is 3. The first-order chi connectivity index (χ1) is 10.7. The van der Waals surface area contributed by atoms with Crippen molar-refractivity contribution in [2.45, 2.75) is 24.9 Å². The van der Waals surface area contributed by atoms with Crippen LogP contribution < -0.4 is 4.74 Å². The summed E-state index contributed by atoms with van der Waals surface area (Å²) in [6.07, 6.45) is 2.36. The molecule has 116 valence electrons. The largest absolute Gasteiger partial charge is 0.497 e. The van der Waals surface area contributed by atoms with E-state index in [0.29, 0.717) is 17.8 Å². The minimum absolute atomic E-state index is 0.0181. The maximum Gasteiger partial charge on any atom is 0.275 e. The van der Waals surface area contributed by atoms with E-state index in [2.05, 4.69) is 22.1 Å². The Morgan fingerprint density at radius 3 is 2.73 bits per heavy atom. The van der Waals surface area contributed by atoms with E-state index in [0.717, 1.165) is 29.7 Å². The summed E-state index contributed by atoms with van der Waals surface area (Å²) in [5.41, 5.74) is 1.36. The molecule has 1 N–H and O–H groups in total. The van der Waals surface area contributed by atoms with Crippen molar-refractivity contribution in [3.8, 4) is 5.75 Å². The van der Waals surface area contributed by atoms with Gasteiger partial charge in [-0.1, -0.05) is 0 Å². The lowest BCUT2D eigenvalue weighted by atomic mass is 10.1. The Hall–Kier alpha value is -2.08. The predicted octanol–water partition coefficient (Wildman–Crippen LogP) is 1.49. The van der Waals surface area contributed by atoms with Crippen molar-refractivity contribution < 1.29 is 9.53 Å². The van der Waals surface area contributed by atoms with Crippen LogP contribution in [0.1, 0.15) is 23.3 Å². The van der Waals surface area contributed by atoms with Crippen LogP contribution in [-0.4, -0.2) is 65.2 Å². The number of likely N-dealkylation sites (N-methyl/N-ethyl adjacent to an activating group) is 1. The molecule has 2 saturated heterocycles. The van der Waals surface area contributed by atoms with Crippen molar-refractivity contribution in [3.05, 3.63) is 23.9 Å². The summed E-state index contributed by atoms with van der Waals surface area (Å²) in [5, 5.41) is 8.02. The number of rotatable bonds is 2. The minimum atomic E-state index is 0.0181. The lowest BCUT2D eigenvalue weighted by Crippen LogP contribution is -2.53. The standard InChI is InChI=1S/C16H20N4O2/c1-19-10-3-4-11(19)9-20(8-10)16(21)15-13-7-12(22-2)5-6-14(13)17-18-15/h5-7,10-11H,3-4,8-9H2,1-2H3,(H,17,18). The molecule has 6 nitrogen and oxygen atoms in total. The zero-order valence-corrected chi connectivity index (χ0v) is 12.9. The summed E-state index contributed by atoms with van der Waals surface area (Å²) in [6, 6.07) is 6.61. The van der Waals surface area contributed by atoms with Gasteiger partial charge < -0.3 is 9.64 Å². The highest BCUT2D eigenvalue weighted by Gasteiger charge is 2.39. The minimum Gasteiger partial charge on any atom is -0.497 e. The van der Waals surface area contributed by atoms with Gasteiger partial charge in [0, 0.05) is 30.6 Å². The van der Waals surface area contributed by atoms with Gasteiger partial charge in [0.2, 0.25) is 0 Å². The predicted molar refractivity (Wildman–Crippen MR) is 83.1 cm³/mol. The van der Waals surface area contributed by atoms with E-state index in [1.807, 2.05) is 23.1 Å². The molecule has 2 aliphatic rings. The maximum absolute atomic E-state index is 12.9. The van der Waals surface area contributed by atoms with Crippen LogP contribution in [0.2, 0.25) is 0 Å². The Morgan fingerprint density at radius 1 is 1.32 bits per heavy atom. The molecule has 1 aromatic heterocycles. The van der Waals surface area contributed by atoms with E-state index in [1.165, 1.54) is 12.8 Å². The second-order valence-corrected chi connectivity index (χ2v) is 6.24. The highest BCUT2D eigenvalue weighted by atomic mass is 16.5. The number of piperazine rings is 1. The van der Waals surface area contributed by atoms with Crippen molar-refractivity contribution in [2.75, 3.05) is 27.2 Å². The lowest BCUT2D eigenvalue weighted by Gasteiger charge is -2.38. The number of amides is 1. The Balaban J connectivity index is 1.66. The number of aromatic nitrogens is 2. The third kappa shape index (κ3) is 1.98. The van der Waals surface area contributed by atoms with Gasteiger partial charge in [0.15, 0.2) is 5.69 Å². The second kappa shape index (κ2) is 4.98. The van der Waals surface area contributed by atoms with Crippen molar-refractivity contribution in [3.63, 3.8) is 0 Å². The van der Waals surface area contributed by atoms with Gasteiger partial charge in [-0.15, -0.1) is 0 Å². The number of hydrogen-bond acceptors (Lipinski definition) is 4. The average Bonchev–Trinajstić information content (AvgIpc) is 3.02. The quantitative estimate of drug-likeness (QED) is 0.913. The number of aromatic amines is 1. The molecule has 2 aromatic rings. The number of carbonyl (C=O) groups excluding carboxylic acids is 1. The van der Waals surface area contributed by atoms with Gasteiger partial charge in [0.1, 0.15) is 5.75 Å². The molecule has 0 radical (unpaired) electrons. The molecule has 2 bridgehead atoms. The van der Waals surface area contributed by atoms with Crippen LogP contribution in [0, 0.1) is 0 Å². The number of H-pyrrole nitrogens is 1. The van der Waals surface area contributed by atoms with E-state index < -0.39 is 0 Å². The molecule has 22 heavy (non-hydrogen) atoms. The lowest BCUT2D eigenvalue weighted by molar-refractivity contribution is 0.0520. The Kier molecular flexibility index (Phi) is 3.07. The van der Waals surface area contributed by atoms with Gasteiger partial charge in [-0.3, -0.25) is 14.8 Å². The number of ether oxygens (including phenoxy) is 1. The van der Waals surface area contributed by atoms with Crippen LogP contribution in [0.5, 0.6) is 5.75 Å². The zero-order chi connectivity index (χ0) is 15.3. The molecule has 1 amide bonds. The van der Waals surface area contributed by atoms with Crippen molar-refractivity contribution in [1.29, 1.82) is 0 Å². The first-order valence-electron chi connectivity index (χ1n) is 7.70. The Labute approximate surface area is 129 Å². The summed E-state index contributed by atoms with van der Waals surface area (Å²) in [7, 11) is 3.79. The van der Waals surface area contributed by atoms with Gasteiger partial charge in [-0.25, -0.2) is 0 Å². The van der Waals surface area contributed by atoms with Crippen LogP contribution in [0.15, 0.2) is 18.2 Å². The molecule has 2 atom stereocenters. The van der Waals surface area contributed by atoms with Gasteiger partial charge in [-0.2, -0.15) is 5.10 Å². The van der Waals surface area contributed by atoms with Crippen LogP contribution in [0.25, 0.3) is 10.9 Å². The summed E-state index contributed by atoms with van der Waals surface area (Å²) >= 11 is 0. The molecule has 2 aliphatic heterocycles. The maximum atomic E-state index is 12.9. The van der Waals surface area contributed by atoms with E-state index in [9.17, 15) is 4.79 Å². The molecule has 2 fully saturated rings. The van der Waals surface area contributed by atoms with E-state index >= 15 is 0 Å². The zero-order valence-electron chi connectivity index (χ0n) is 12.9. The third-order valence-electron chi connectivity index (χ3n) is 5.11. The van der Waals surface area contributed by atoms with Crippen molar-refractivity contribution in [2.24, 2.45) is 0 Å². The molecule has 0 saturated carbocycles. The number of hydrogen-bond donors (Lipinski definition) is 1. The van der Waals surface area contributed by atoms with Crippen LogP contribution in [0.3, 0.4) is 0 Å². The van der Waals surface area contributed by atoms with Crippen LogP contribution in [-0.2, 0) is 0 Å². The monoisotopic (exact) mass is 300 g/mol. The van der Waals surface area contributed by atoms with E-state index in [-0.39, 0.29) is 5.91 Å². The third-order valence-corrected chi connectivity index (χ3v) is 5.11. The van der Waals surface area contributed by atoms with E-state index in [1.54, 1.807) is 7.11 Å². The number of carbonyl (C=O) groups is 1. The van der Waals surface area contributed by atoms with Gasteiger partial charge in [-0.05, 0) is 38.1 Å². The molecule has 0 spiro atoms. The molecule has 4 rings (SSSR count). The Morgan fingerprint density at radius 2 is 2.05 bits per heavy atom. The van der Waals surface area contributed by atoms with Crippen LogP contribution in [0.4, 0.5) is 0 Å². The van der Waals surface area contributed by atoms with Crippen molar-refractivity contribution >= 4 is 16.8 Å². The highest BCUT2D eigenvalue weighted by Crippen LogP contribution is 2.30. The molecule has 2 unspecified atom stereocenters. The normalized spacial score (nSPS) is 24.9. The number of nitrogens with one attached hydrogen (secondary N) is 1. The van der Waals surface area contributed by atoms with Crippen molar-refractivity contribution in [1.82, 2.24) is 20.0 Å². The van der Waals surface area contributed by atoms with Crippen LogP contribution >= 0.6 is 0 Å². The first kappa shape index (κ1) is 13.6. The molecule has 1 aromatic carbocycles. The summed E-state index contributed by atoms with van der Waals surface area (Å²) < 4.78 is 5.26. The summed E-state index contributed by atoms with van der Waals surface area (Å²) in [5.74, 6) is 0.755. The Bertz CT molecular complexity index is 712. The molecular formula is C16H20N4O2. The van der Waals surface area contributed by atoms with E-state index in [4.69, 9.17) is 4.74 Å².